The van der Waals surface area contributed by atoms with E-state index in [2.05, 4.69) is 6.58 Å². The first kappa shape index (κ1) is 8.85. The molecule has 0 fully saturated rings. The predicted molar refractivity (Wildman–Crippen MR) is 40.5 cm³/mol. The maximum Gasteiger partial charge on any atom is 0.0897 e. The number of allylic oxidation sites excluding steroid dienone is 1. The summed E-state index contributed by atoms with van der Waals surface area (Å²) in [7, 11) is 0. The molecule has 0 aromatic carbocycles. The highest BCUT2D eigenvalue weighted by Crippen LogP contribution is 2.04. The van der Waals surface area contributed by atoms with Crippen LogP contribution in [0.25, 0.3) is 0 Å². The van der Waals surface area contributed by atoms with E-state index < -0.39 is 0 Å². The smallest absolute Gasteiger partial charge is 0.0897 e. The minimum Gasteiger partial charge on any atom is -0.499 e. The van der Waals surface area contributed by atoms with Gasteiger partial charge in [0.05, 0.1) is 12.4 Å². The first-order valence-electron chi connectivity index (χ1n) is 2.88. The molecule has 0 aromatic heterocycles. The molecular weight excluding hydrogens is 136 g/mol. The molecule has 0 spiro atoms. The fourth-order valence-corrected chi connectivity index (χ4v) is 0.755. The molecule has 2 nitrogen and oxygen atoms in total. The third-order valence-corrected chi connectivity index (χ3v) is 1.21. The fourth-order valence-electron chi connectivity index (χ4n) is 0.436. The molecule has 0 radical (unpaired) electrons. The van der Waals surface area contributed by atoms with E-state index in [1.165, 1.54) is 0 Å². The molecule has 54 valence electrons. The van der Waals surface area contributed by atoms with Crippen molar-refractivity contribution in [3.8, 4) is 0 Å². The number of rotatable bonds is 5. The minimum atomic E-state index is 0.662. The number of hydrogen-bond donors (Lipinski definition) is 1. The molecule has 1 N–H and O–H groups in total. The number of hydrogen-bond acceptors (Lipinski definition) is 3. The van der Waals surface area contributed by atoms with Crippen molar-refractivity contribution in [3.05, 3.63) is 12.3 Å². The molecule has 3 heteroatoms. The Hall–Kier alpha value is -0.150. The van der Waals surface area contributed by atoms with E-state index in [0.717, 1.165) is 24.2 Å². The van der Waals surface area contributed by atoms with Crippen molar-refractivity contribution >= 4 is 12.0 Å². The van der Waals surface area contributed by atoms with Crippen LogP contribution in [0.15, 0.2) is 12.3 Å². The molecular formula is C6H12O2S. The Morgan fingerprint density at radius 1 is 1.78 bits per heavy atom. The summed E-state index contributed by atoms with van der Waals surface area (Å²) in [5.41, 5.74) is 0. The van der Waals surface area contributed by atoms with Crippen molar-refractivity contribution in [2.45, 2.75) is 13.3 Å². The second kappa shape index (κ2) is 5.98. The van der Waals surface area contributed by atoms with E-state index >= 15 is 0 Å². The summed E-state index contributed by atoms with van der Waals surface area (Å²) in [5, 5.41) is 0. The van der Waals surface area contributed by atoms with Crippen molar-refractivity contribution < 1.29 is 9.29 Å². The molecule has 0 saturated carbocycles. The Morgan fingerprint density at radius 3 is 2.89 bits per heavy atom. The largest absolute Gasteiger partial charge is 0.499 e. The van der Waals surface area contributed by atoms with Gasteiger partial charge in [0.25, 0.3) is 0 Å². The van der Waals surface area contributed by atoms with Gasteiger partial charge in [-0.1, -0.05) is 6.58 Å². The fraction of sp³-hybridized carbons (Fsp3) is 0.667. The summed E-state index contributed by atoms with van der Waals surface area (Å²) in [6.07, 6.45) is 0.731. The quantitative estimate of drug-likeness (QED) is 0.478. The molecule has 0 heterocycles. The maximum atomic E-state index is 8.30. The molecule has 0 amide bonds. The van der Waals surface area contributed by atoms with Crippen molar-refractivity contribution in [2.75, 3.05) is 12.4 Å². The van der Waals surface area contributed by atoms with Crippen LogP contribution in [-0.4, -0.2) is 16.9 Å². The zero-order valence-corrected chi connectivity index (χ0v) is 6.41. The van der Waals surface area contributed by atoms with Crippen LogP contribution in [0.5, 0.6) is 0 Å². The van der Waals surface area contributed by atoms with Crippen LogP contribution < -0.4 is 0 Å². The van der Waals surface area contributed by atoms with Crippen molar-refractivity contribution in [3.63, 3.8) is 0 Å². The van der Waals surface area contributed by atoms with Gasteiger partial charge in [0.2, 0.25) is 0 Å². The Bertz CT molecular complexity index is 83.1. The van der Waals surface area contributed by atoms with Gasteiger partial charge in [0.1, 0.15) is 0 Å². The molecule has 0 aliphatic carbocycles. The van der Waals surface area contributed by atoms with Gasteiger partial charge in [0.15, 0.2) is 0 Å². The predicted octanol–water partition coefficient (Wildman–Crippen LogP) is 2.13. The standard InChI is InChI=1S/C6H12O2S/c1-3-8-6(2)4-5-9-7/h7H,2-5H2,1H3. The van der Waals surface area contributed by atoms with E-state index in [9.17, 15) is 0 Å². The molecule has 0 atom stereocenters. The molecule has 0 aliphatic heterocycles. The Balaban J connectivity index is 3.06. The molecule has 0 aromatic rings. The highest BCUT2D eigenvalue weighted by molar-refractivity contribution is 7.93. The number of ether oxygens (including phenoxy) is 1. The third-order valence-electron chi connectivity index (χ3n) is 0.821. The maximum absolute atomic E-state index is 8.30. The highest BCUT2D eigenvalue weighted by atomic mass is 32.2. The van der Waals surface area contributed by atoms with Crippen LogP contribution in [0.1, 0.15) is 13.3 Å². The van der Waals surface area contributed by atoms with Crippen LogP contribution in [0, 0.1) is 0 Å². The monoisotopic (exact) mass is 148 g/mol. The van der Waals surface area contributed by atoms with E-state index in [-0.39, 0.29) is 0 Å². The van der Waals surface area contributed by atoms with Crippen LogP contribution >= 0.6 is 12.0 Å². The van der Waals surface area contributed by atoms with Gasteiger partial charge >= 0.3 is 0 Å². The zero-order valence-electron chi connectivity index (χ0n) is 5.59. The molecule has 0 bridgehead atoms. The van der Waals surface area contributed by atoms with E-state index in [4.69, 9.17) is 9.29 Å². The second-order valence-corrected chi connectivity index (χ2v) is 2.22. The Kier molecular flexibility index (Phi) is 5.88. The Morgan fingerprint density at radius 2 is 2.44 bits per heavy atom. The van der Waals surface area contributed by atoms with E-state index in [1.807, 2.05) is 6.92 Å². The SMILES string of the molecule is C=C(CCSO)OCC. The van der Waals surface area contributed by atoms with Gasteiger partial charge in [-0.3, -0.25) is 0 Å². The van der Waals surface area contributed by atoms with Crippen LogP contribution in [0.2, 0.25) is 0 Å². The lowest BCUT2D eigenvalue weighted by atomic mass is 10.4. The summed E-state index contributed by atoms with van der Waals surface area (Å²) in [4.78, 5) is 0. The summed E-state index contributed by atoms with van der Waals surface area (Å²) < 4.78 is 13.3. The van der Waals surface area contributed by atoms with Crippen LogP contribution in [-0.2, 0) is 4.74 Å². The van der Waals surface area contributed by atoms with E-state index in [1.54, 1.807) is 0 Å². The highest BCUT2D eigenvalue weighted by Gasteiger charge is 1.91. The van der Waals surface area contributed by atoms with Crippen molar-refractivity contribution in [1.29, 1.82) is 0 Å². The average molecular weight is 148 g/mol. The normalized spacial score (nSPS) is 9.11. The molecule has 9 heavy (non-hydrogen) atoms. The summed E-state index contributed by atoms with van der Waals surface area (Å²) in [6.45, 7) is 6.21. The van der Waals surface area contributed by atoms with Crippen LogP contribution in [0.4, 0.5) is 0 Å². The molecule has 0 rings (SSSR count). The molecule has 0 aliphatic rings. The molecule has 0 saturated heterocycles. The lowest BCUT2D eigenvalue weighted by molar-refractivity contribution is 0.223. The van der Waals surface area contributed by atoms with Gasteiger partial charge in [0, 0.05) is 12.2 Å². The zero-order chi connectivity index (χ0) is 7.11. The summed E-state index contributed by atoms with van der Waals surface area (Å²) in [6, 6.07) is 0. The van der Waals surface area contributed by atoms with Gasteiger partial charge in [-0.25, -0.2) is 0 Å². The second-order valence-electron chi connectivity index (χ2n) is 1.55. The van der Waals surface area contributed by atoms with Crippen LogP contribution in [0.3, 0.4) is 0 Å². The lowest BCUT2D eigenvalue weighted by Gasteiger charge is -2.03. The van der Waals surface area contributed by atoms with Gasteiger partial charge in [-0.15, -0.1) is 0 Å². The first-order valence-corrected chi connectivity index (χ1v) is 3.82. The van der Waals surface area contributed by atoms with Gasteiger partial charge in [-0.05, 0) is 19.0 Å². The first-order chi connectivity index (χ1) is 4.31. The summed E-state index contributed by atoms with van der Waals surface area (Å²) >= 11 is 0.815. The van der Waals surface area contributed by atoms with Crippen molar-refractivity contribution in [2.24, 2.45) is 0 Å². The molecule has 0 unspecified atom stereocenters. The Labute approximate surface area is 60.1 Å². The summed E-state index contributed by atoms with van der Waals surface area (Å²) in [5.74, 6) is 1.41. The third kappa shape index (κ3) is 5.73. The van der Waals surface area contributed by atoms with E-state index in [0.29, 0.717) is 12.4 Å². The topological polar surface area (TPSA) is 29.5 Å². The lowest BCUT2D eigenvalue weighted by Crippen LogP contribution is -1.90. The minimum absolute atomic E-state index is 0.662. The average Bonchev–Trinajstić information content (AvgIpc) is 1.85. The van der Waals surface area contributed by atoms with Crippen molar-refractivity contribution in [1.82, 2.24) is 0 Å². The van der Waals surface area contributed by atoms with Gasteiger partial charge in [-0.2, -0.15) is 0 Å². The van der Waals surface area contributed by atoms with Gasteiger partial charge < -0.3 is 9.29 Å².